The molecular weight excluding hydrogens is 488 g/mol. The molecule has 9 heteroatoms. The van der Waals surface area contributed by atoms with Crippen LogP contribution in [-0.4, -0.2) is 61.2 Å². The Bertz CT molecular complexity index is 1840. The predicted molar refractivity (Wildman–Crippen MR) is 155 cm³/mol. The molecule has 0 fully saturated rings. The molecule has 0 atom stereocenters. The number of pyridine rings is 2. The molecule has 1 aromatic carbocycles. The molecule has 6 aromatic rings. The molecule has 0 saturated carbocycles. The summed E-state index contributed by atoms with van der Waals surface area (Å²) in [6, 6.07) is 12.2. The van der Waals surface area contributed by atoms with Crippen LogP contribution >= 0.6 is 0 Å². The van der Waals surface area contributed by atoms with Crippen LogP contribution in [0.3, 0.4) is 0 Å². The van der Waals surface area contributed by atoms with E-state index < -0.39 is 0 Å². The lowest BCUT2D eigenvalue weighted by atomic mass is 9.98. The first-order valence-electron chi connectivity index (χ1n) is 12.6. The molecule has 39 heavy (non-hydrogen) atoms. The number of carbonyl (C=O) groups excluding carboxylic acids is 1. The molecule has 0 aliphatic heterocycles. The van der Waals surface area contributed by atoms with E-state index in [0.717, 1.165) is 55.4 Å². The Labute approximate surface area is 225 Å². The summed E-state index contributed by atoms with van der Waals surface area (Å²) >= 11 is 0. The van der Waals surface area contributed by atoms with E-state index in [4.69, 9.17) is 4.98 Å². The van der Waals surface area contributed by atoms with E-state index in [2.05, 4.69) is 37.5 Å². The second-order valence-electron chi connectivity index (χ2n) is 9.78. The molecule has 0 aliphatic carbocycles. The Kier molecular flexibility index (Phi) is 6.26. The van der Waals surface area contributed by atoms with Gasteiger partial charge in [-0.25, -0.2) is 9.97 Å². The molecule has 5 heterocycles. The zero-order valence-electron chi connectivity index (χ0n) is 21.9. The monoisotopic (exact) mass is 516 g/mol. The number of likely N-dealkylation sites (N-methyl/N-ethyl adjacent to an activating group) is 1. The normalized spacial score (nSPS) is 11.8. The van der Waals surface area contributed by atoms with E-state index in [1.165, 1.54) is 0 Å². The fourth-order valence-corrected chi connectivity index (χ4v) is 4.74. The Hall–Kier alpha value is -5.02. The molecule has 0 radical (unpaired) electrons. The van der Waals surface area contributed by atoms with E-state index in [-0.39, 0.29) is 5.91 Å². The van der Waals surface area contributed by atoms with Crippen molar-refractivity contribution in [2.75, 3.05) is 26.0 Å². The highest BCUT2D eigenvalue weighted by Crippen LogP contribution is 2.36. The van der Waals surface area contributed by atoms with Crippen molar-refractivity contribution in [1.82, 2.24) is 34.6 Å². The van der Waals surface area contributed by atoms with Crippen molar-refractivity contribution < 1.29 is 4.79 Å². The van der Waals surface area contributed by atoms with Gasteiger partial charge in [0.2, 0.25) is 5.91 Å². The third-order valence-corrected chi connectivity index (χ3v) is 6.59. The van der Waals surface area contributed by atoms with Crippen LogP contribution in [0.25, 0.3) is 55.4 Å². The molecule has 194 valence electrons. The number of anilines is 1. The highest BCUT2D eigenvalue weighted by atomic mass is 16.1. The lowest BCUT2D eigenvalue weighted by molar-refractivity contribution is -0.111. The van der Waals surface area contributed by atoms with Gasteiger partial charge in [-0.3, -0.25) is 9.48 Å². The van der Waals surface area contributed by atoms with Gasteiger partial charge in [0.15, 0.2) is 0 Å². The minimum Gasteiger partial charge on any atom is -0.346 e. The van der Waals surface area contributed by atoms with Gasteiger partial charge in [-0.15, -0.1) is 0 Å². The van der Waals surface area contributed by atoms with Gasteiger partial charge in [-0.1, -0.05) is 6.08 Å². The Morgan fingerprint density at radius 1 is 0.949 bits per heavy atom. The lowest BCUT2D eigenvalue weighted by Crippen LogP contribution is -2.13. The Morgan fingerprint density at radius 2 is 1.77 bits per heavy atom. The van der Waals surface area contributed by atoms with Crippen molar-refractivity contribution in [2.45, 2.75) is 0 Å². The van der Waals surface area contributed by atoms with Crippen molar-refractivity contribution in [3.8, 4) is 33.4 Å². The second-order valence-corrected chi connectivity index (χ2v) is 9.78. The lowest BCUT2D eigenvalue weighted by Gasteiger charge is -2.11. The number of aromatic amines is 2. The van der Waals surface area contributed by atoms with Crippen molar-refractivity contribution in [3.05, 3.63) is 85.7 Å². The summed E-state index contributed by atoms with van der Waals surface area (Å²) in [5, 5.41) is 9.41. The van der Waals surface area contributed by atoms with Gasteiger partial charge in [0.1, 0.15) is 11.3 Å². The molecule has 0 bridgehead atoms. The summed E-state index contributed by atoms with van der Waals surface area (Å²) in [6.07, 6.45) is 14.7. The minimum absolute atomic E-state index is 0.180. The maximum atomic E-state index is 12.7. The second kappa shape index (κ2) is 10.0. The summed E-state index contributed by atoms with van der Waals surface area (Å²) in [7, 11) is 5.81. The van der Waals surface area contributed by atoms with E-state index in [1.807, 2.05) is 93.6 Å². The minimum atomic E-state index is -0.180. The molecule has 5 aromatic heterocycles. The molecular formula is C30H28N8O. The highest BCUT2D eigenvalue weighted by Gasteiger charge is 2.14. The summed E-state index contributed by atoms with van der Waals surface area (Å²) < 4.78 is 1.76. The van der Waals surface area contributed by atoms with Crippen LogP contribution in [0, 0.1) is 0 Å². The molecule has 0 spiro atoms. The number of hydrogen-bond acceptors (Lipinski definition) is 5. The van der Waals surface area contributed by atoms with Crippen LogP contribution in [0.15, 0.2) is 85.7 Å². The summed E-state index contributed by atoms with van der Waals surface area (Å²) in [6.45, 7) is 0.686. The standard InChI is InChI=1S/C30H28N8O/c1-37(2)10-4-5-28(39)36-23-12-19(11-20(13-23)22-16-35-38(3)18-22)21-14-26-27(17-34-30(26)33-15-21)24-6-8-31-29-25(24)7-9-32-29/h4-9,11-18H,10H2,1-3H3,(H,31,32)(H,33,34)(H,36,39)/b5-4+. The number of fused-ring (bicyclic) bond motifs is 2. The molecule has 1 amide bonds. The van der Waals surface area contributed by atoms with Crippen LogP contribution in [0.2, 0.25) is 0 Å². The summed E-state index contributed by atoms with van der Waals surface area (Å²) in [4.78, 5) is 30.3. The van der Waals surface area contributed by atoms with Gasteiger partial charge >= 0.3 is 0 Å². The first kappa shape index (κ1) is 24.3. The van der Waals surface area contributed by atoms with Gasteiger partial charge in [0.25, 0.3) is 0 Å². The van der Waals surface area contributed by atoms with Gasteiger partial charge in [-0.2, -0.15) is 5.10 Å². The topological polar surface area (TPSA) is 108 Å². The van der Waals surface area contributed by atoms with Crippen LogP contribution in [0.4, 0.5) is 5.69 Å². The third kappa shape index (κ3) is 4.95. The maximum Gasteiger partial charge on any atom is 0.248 e. The maximum absolute atomic E-state index is 12.7. The van der Waals surface area contributed by atoms with E-state index in [9.17, 15) is 4.79 Å². The zero-order chi connectivity index (χ0) is 26.9. The van der Waals surface area contributed by atoms with Crippen LogP contribution in [-0.2, 0) is 11.8 Å². The zero-order valence-corrected chi connectivity index (χ0v) is 21.9. The van der Waals surface area contributed by atoms with E-state index in [1.54, 1.807) is 10.8 Å². The molecule has 3 N–H and O–H groups in total. The smallest absolute Gasteiger partial charge is 0.248 e. The molecule has 0 saturated heterocycles. The Balaban J connectivity index is 1.43. The first-order valence-corrected chi connectivity index (χ1v) is 12.6. The number of carbonyl (C=O) groups is 1. The van der Waals surface area contributed by atoms with E-state index >= 15 is 0 Å². The van der Waals surface area contributed by atoms with Gasteiger partial charge < -0.3 is 20.2 Å². The van der Waals surface area contributed by atoms with Crippen molar-refractivity contribution in [3.63, 3.8) is 0 Å². The molecule has 0 unspecified atom stereocenters. The van der Waals surface area contributed by atoms with Crippen molar-refractivity contribution >= 4 is 33.7 Å². The number of nitrogens with zero attached hydrogens (tertiary/aromatic N) is 5. The number of hydrogen-bond donors (Lipinski definition) is 3. The number of nitrogens with one attached hydrogen (secondary N) is 3. The van der Waals surface area contributed by atoms with Crippen LogP contribution in [0.5, 0.6) is 0 Å². The highest BCUT2D eigenvalue weighted by molar-refractivity contribution is 6.04. The average Bonchev–Trinajstić information content (AvgIpc) is 3.67. The van der Waals surface area contributed by atoms with Crippen molar-refractivity contribution in [1.29, 1.82) is 0 Å². The van der Waals surface area contributed by atoms with Crippen molar-refractivity contribution in [2.24, 2.45) is 7.05 Å². The van der Waals surface area contributed by atoms with E-state index in [0.29, 0.717) is 12.2 Å². The largest absolute Gasteiger partial charge is 0.346 e. The number of amides is 1. The number of H-pyrrole nitrogens is 2. The first-order chi connectivity index (χ1) is 18.9. The quantitative estimate of drug-likeness (QED) is 0.252. The average molecular weight is 517 g/mol. The van der Waals surface area contributed by atoms with Gasteiger partial charge in [0, 0.05) is 83.8 Å². The SMILES string of the molecule is CN(C)C/C=C/C(=O)Nc1cc(-c2cnc3[nH]cc(-c4ccnc5[nH]ccc45)c3c2)cc(-c2cnn(C)c2)c1. The van der Waals surface area contributed by atoms with Crippen LogP contribution < -0.4 is 5.32 Å². The van der Waals surface area contributed by atoms with Gasteiger partial charge in [-0.05, 0) is 67.2 Å². The number of benzene rings is 1. The molecule has 0 aliphatic rings. The summed E-state index contributed by atoms with van der Waals surface area (Å²) in [5.74, 6) is -0.180. The fourth-order valence-electron chi connectivity index (χ4n) is 4.74. The molecule has 9 nitrogen and oxygen atoms in total. The Morgan fingerprint density at radius 3 is 2.56 bits per heavy atom. The number of aromatic nitrogens is 6. The third-order valence-electron chi connectivity index (χ3n) is 6.59. The number of rotatable bonds is 7. The number of aryl methyl sites for hydroxylation is 1. The predicted octanol–water partition coefficient (Wildman–Crippen LogP) is 5.23. The fraction of sp³-hybridized carbons (Fsp3) is 0.133. The molecule has 6 rings (SSSR count). The summed E-state index contributed by atoms with van der Waals surface area (Å²) in [5.41, 5.74) is 8.25. The van der Waals surface area contributed by atoms with Gasteiger partial charge in [0.05, 0.1) is 6.20 Å². The van der Waals surface area contributed by atoms with Crippen LogP contribution in [0.1, 0.15) is 0 Å².